The number of nitro groups is 1. The van der Waals surface area contributed by atoms with E-state index < -0.39 is 4.92 Å². The van der Waals surface area contributed by atoms with Gasteiger partial charge in [-0.05, 0) is 22.6 Å². The molecule has 0 atom stereocenters. The zero-order chi connectivity index (χ0) is 5.86. The van der Waals surface area contributed by atoms with Crippen molar-refractivity contribution in [3.8, 4) is 0 Å². The van der Waals surface area contributed by atoms with Crippen LogP contribution in [0, 0.1) is 10.1 Å². The third kappa shape index (κ3) is 2.86. The monoisotopic (exact) mass is 231 g/mol. The minimum Gasteiger partial charge on any atom is -0.258 e. The summed E-state index contributed by atoms with van der Waals surface area (Å²) >= 11 is 5.23. The van der Waals surface area contributed by atoms with Gasteiger partial charge in [0.1, 0.15) is 0 Å². The molecule has 3 nitrogen and oxygen atoms in total. The van der Waals surface area contributed by atoms with Gasteiger partial charge in [0.25, 0.3) is 0 Å². The Bertz CT molecular complexity index is 112. The van der Waals surface area contributed by atoms with Crippen LogP contribution in [0.1, 0.15) is 0 Å². The van der Waals surface area contributed by atoms with Gasteiger partial charge in [0, 0.05) is 0 Å². The lowest BCUT2D eigenvalue weighted by Crippen LogP contribution is -1.87. The zero-order valence-corrected chi connectivity index (χ0v) is 6.22. The zero-order valence-electron chi connectivity index (χ0n) is 3.17. The molecule has 0 amide bonds. The molecular weight excluding hydrogens is 229 g/mol. The first-order valence-electron chi connectivity index (χ1n) is 1.32. The summed E-state index contributed by atoms with van der Waals surface area (Å²) in [4.78, 5) is 9.03. The van der Waals surface area contributed by atoms with Gasteiger partial charge < -0.3 is 0 Å². The summed E-state index contributed by atoms with van der Waals surface area (Å²) in [6.45, 7) is 0. The second-order valence-electron chi connectivity index (χ2n) is 0.724. The average molecular weight is 231 g/mol. The van der Waals surface area contributed by atoms with Gasteiger partial charge in [0.2, 0.25) is 0 Å². The number of hydrogen-bond acceptors (Lipinski definition) is 3. The molecule has 0 heterocycles. The molecule has 0 aromatic rings. The van der Waals surface area contributed by atoms with E-state index in [1.165, 1.54) is 4.08 Å². The van der Waals surface area contributed by atoms with E-state index in [0.29, 0.717) is 0 Å². The lowest BCUT2D eigenvalue weighted by molar-refractivity contribution is -0.409. The van der Waals surface area contributed by atoms with Gasteiger partial charge in [-0.1, -0.05) is 12.6 Å². The molecule has 0 saturated heterocycles. The largest absolute Gasteiger partial charge is 0.306 e. The average Bonchev–Trinajstić information content (AvgIpc) is 1.65. The lowest BCUT2D eigenvalue weighted by atomic mass is 11.1. The Morgan fingerprint density at radius 1 is 2.00 bits per heavy atom. The summed E-state index contributed by atoms with van der Waals surface area (Å²) < 4.78 is 1.29. The van der Waals surface area contributed by atoms with Crippen LogP contribution in [0.2, 0.25) is 0 Å². The van der Waals surface area contributed by atoms with Crippen LogP contribution in [-0.4, -0.2) is 4.92 Å². The van der Waals surface area contributed by atoms with Crippen molar-refractivity contribution in [2.45, 2.75) is 0 Å². The molecule has 0 fully saturated rings. The molecule has 0 aliphatic carbocycles. The standard InChI is InChI=1S/C2H2INO2S/c3-1-2(7)4(5)6/h1,7H. The van der Waals surface area contributed by atoms with Crippen LogP contribution in [0.5, 0.6) is 0 Å². The van der Waals surface area contributed by atoms with E-state index in [9.17, 15) is 10.1 Å². The fraction of sp³-hybridized carbons (Fsp3) is 0. The Morgan fingerprint density at radius 3 is 2.43 bits per heavy atom. The molecule has 0 aromatic carbocycles. The van der Waals surface area contributed by atoms with Crippen LogP contribution in [-0.2, 0) is 0 Å². The minimum atomic E-state index is -0.560. The number of halogens is 1. The van der Waals surface area contributed by atoms with Gasteiger partial charge in [-0.25, -0.2) is 0 Å². The second kappa shape index (κ2) is 3.25. The summed E-state index contributed by atoms with van der Waals surface area (Å²) in [6, 6.07) is 0. The highest BCUT2D eigenvalue weighted by atomic mass is 127. The van der Waals surface area contributed by atoms with E-state index in [0.717, 1.165) is 0 Å². The summed E-state index contributed by atoms with van der Waals surface area (Å²) in [7, 11) is 0. The fourth-order valence-corrected chi connectivity index (χ4v) is 0.267. The maximum Gasteiger partial charge on any atom is 0.306 e. The molecule has 7 heavy (non-hydrogen) atoms. The van der Waals surface area contributed by atoms with E-state index in [1.54, 1.807) is 22.6 Å². The molecule has 0 aliphatic rings. The fourth-order valence-electron chi connectivity index (χ4n) is 0.0398. The molecule has 0 saturated carbocycles. The van der Waals surface area contributed by atoms with E-state index in [1.807, 2.05) is 0 Å². The molecule has 0 N–H and O–H groups in total. The SMILES string of the molecule is O=[N+]([O-])C(S)=CI. The van der Waals surface area contributed by atoms with Crippen LogP contribution in [0.25, 0.3) is 0 Å². The van der Waals surface area contributed by atoms with Crippen LogP contribution in [0.15, 0.2) is 9.11 Å². The van der Waals surface area contributed by atoms with Gasteiger partial charge in [0.05, 0.1) is 9.01 Å². The molecule has 0 bridgehead atoms. The van der Waals surface area contributed by atoms with E-state index in [-0.39, 0.29) is 5.03 Å². The Kier molecular flexibility index (Phi) is 3.35. The van der Waals surface area contributed by atoms with Gasteiger partial charge in [0.15, 0.2) is 0 Å². The molecule has 0 unspecified atom stereocenters. The van der Waals surface area contributed by atoms with Gasteiger partial charge in [-0.15, -0.1) is 0 Å². The predicted octanol–water partition coefficient (Wildman–Crippen LogP) is 1.43. The molecule has 0 aliphatic heterocycles. The summed E-state index contributed by atoms with van der Waals surface area (Å²) in [5.41, 5.74) is 0. The summed E-state index contributed by atoms with van der Waals surface area (Å²) in [5.74, 6) is 0. The van der Waals surface area contributed by atoms with Crippen molar-refractivity contribution in [3.63, 3.8) is 0 Å². The van der Waals surface area contributed by atoms with E-state index >= 15 is 0 Å². The van der Waals surface area contributed by atoms with E-state index in [2.05, 4.69) is 12.6 Å². The molecule has 0 aromatic heterocycles. The molecule has 0 spiro atoms. The number of rotatable bonds is 1. The normalized spacial score (nSPS) is 11.4. The van der Waals surface area contributed by atoms with Gasteiger partial charge in [-0.2, -0.15) is 0 Å². The third-order valence-electron chi connectivity index (χ3n) is 0.285. The topological polar surface area (TPSA) is 43.1 Å². The van der Waals surface area contributed by atoms with Crippen LogP contribution in [0.3, 0.4) is 0 Å². The Hall–Kier alpha value is 0.220. The molecule has 0 rings (SSSR count). The number of hydrogen-bond donors (Lipinski definition) is 1. The van der Waals surface area contributed by atoms with Gasteiger partial charge >= 0.3 is 5.03 Å². The number of nitrogens with zero attached hydrogens (tertiary/aromatic N) is 1. The van der Waals surface area contributed by atoms with Crippen molar-refractivity contribution in [3.05, 3.63) is 19.2 Å². The molecule has 5 heteroatoms. The first kappa shape index (κ1) is 7.22. The molecule has 0 radical (unpaired) electrons. The Labute approximate surface area is 59.5 Å². The lowest BCUT2D eigenvalue weighted by Gasteiger charge is -1.79. The van der Waals surface area contributed by atoms with Crippen LogP contribution >= 0.6 is 35.2 Å². The number of thiol groups is 1. The van der Waals surface area contributed by atoms with Crippen molar-refractivity contribution in [1.82, 2.24) is 0 Å². The summed E-state index contributed by atoms with van der Waals surface area (Å²) in [5, 5.41) is 9.46. The second-order valence-corrected chi connectivity index (χ2v) is 1.81. The molecule has 40 valence electrons. The first-order chi connectivity index (χ1) is 3.18. The van der Waals surface area contributed by atoms with Crippen molar-refractivity contribution in [1.29, 1.82) is 0 Å². The first-order valence-corrected chi connectivity index (χ1v) is 3.01. The quantitative estimate of drug-likeness (QED) is 0.321. The summed E-state index contributed by atoms with van der Waals surface area (Å²) in [6.07, 6.45) is 0. The maximum absolute atomic E-state index is 9.59. The smallest absolute Gasteiger partial charge is 0.258 e. The van der Waals surface area contributed by atoms with Crippen LogP contribution < -0.4 is 0 Å². The predicted molar refractivity (Wildman–Crippen MR) is 38.1 cm³/mol. The maximum atomic E-state index is 9.59. The minimum absolute atomic E-state index is 0.124. The van der Waals surface area contributed by atoms with Crippen LogP contribution in [0.4, 0.5) is 0 Å². The van der Waals surface area contributed by atoms with Crippen molar-refractivity contribution in [2.24, 2.45) is 0 Å². The van der Waals surface area contributed by atoms with Crippen molar-refractivity contribution < 1.29 is 4.92 Å². The van der Waals surface area contributed by atoms with Crippen molar-refractivity contribution in [2.75, 3.05) is 0 Å². The highest BCUT2D eigenvalue weighted by Gasteiger charge is 1.97. The Morgan fingerprint density at radius 2 is 2.43 bits per heavy atom. The van der Waals surface area contributed by atoms with E-state index in [4.69, 9.17) is 0 Å². The van der Waals surface area contributed by atoms with Crippen molar-refractivity contribution >= 4 is 35.2 Å². The Balaban J connectivity index is 3.82. The third-order valence-corrected chi connectivity index (χ3v) is 1.66. The highest BCUT2D eigenvalue weighted by molar-refractivity contribution is 14.1. The van der Waals surface area contributed by atoms with Gasteiger partial charge in [-0.3, -0.25) is 10.1 Å². The highest BCUT2D eigenvalue weighted by Crippen LogP contribution is 2.02. The molecular formula is C2H2INO2S.